The monoisotopic (exact) mass is 317 g/mol. The summed E-state index contributed by atoms with van der Waals surface area (Å²) >= 11 is 5.97. The minimum atomic E-state index is -0.729. The molecule has 2 aromatic carbocycles. The van der Waals surface area contributed by atoms with Gasteiger partial charge in [0.05, 0.1) is 12.3 Å². The molecule has 0 aliphatic rings. The minimum Gasteiger partial charge on any atom is -0.508 e. The predicted octanol–water partition coefficient (Wildman–Crippen LogP) is 2.07. The molecule has 4 N–H and O–H groups in total. The topological polar surface area (TPSA) is 87.7 Å². The predicted molar refractivity (Wildman–Crippen MR) is 87.0 cm³/mol. The normalized spacial score (nSPS) is 12.3. The molecule has 0 saturated heterocycles. The van der Waals surface area contributed by atoms with Crippen LogP contribution in [-0.4, -0.2) is 23.3 Å². The number of hydrogen-bond donors (Lipinski definition) is 3. The van der Waals surface area contributed by atoms with E-state index >= 15 is 0 Å². The van der Waals surface area contributed by atoms with Crippen molar-refractivity contribution in [2.45, 2.75) is 12.5 Å². The van der Waals surface area contributed by atoms with Crippen LogP contribution < -0.4 is 11.2 Å². The van der Waals surface area contributed by atoms with Gasteiger partial charge in [0.1, 0.15) is 5.75 Å². The van der Waals surface area contributed by atoms with E-state index in [4.69, 9.17) is 17.3 Å². The van der Waals surface area contributed by atoms with Crippen molar-refractivity contribution in [3.63, 3.8) is 0 Å². The second-order valence-corrected chi connectivity index (χ2v) is 5.14. The number of phenols is 1. The first-order chi connectivity index (χ1) is 10.6. The molecule has 0 aromatic heterocycles. The van der Waals surface area contributed by atoms with Crippen LogP contribution in [0.15, 0.2) is 53.6 Å². The summed E-state index contributed by atoms with van der Waals surface area (Å²) in [6.45, 7) is 0. The fourth-order valence-electron chi connectivity index (χ4n) is 1.81. The van der Waals surface area contributed by atoms with Crippen LogP contribution in [0.3, 0.4) is 0 Å². The van der Waals surface area contributed by atoms with Crippen molar-refractivity contribution in [3.8, 4) is 5.75 Å². The number of rotatable bonds is 5. The number of carbonyl (C=O) groups excluding carboxylic acids is 1. The van der Waals surface area contributed by atoms with Crippen molar-refractivity contribution in [1.29, 1.82) is 0 Å². The third kappa shape index (κ3) is 4.58. The van der Waals surface area contributed by atoms with Crippen molar-refractivity contribution >= 4 is 23.7 Å². The summed E-state index contributed by atoms with van der Waals surface area (Å²) in [6, 6.07) is 13.0. The third-order valence-electron chi connectivity index (χ3n) is 3.01. The molecule has 0 bridgehead atoms. The van der Waals surface area contributed by atoms with Crippen molar-refractivity contribution in [3.05, 3.63) is 64.7 Å². The van der Waals surface area contributed by atoms with Gasteiger partial charge in [-0.25, -0.2) is 5.43 Å². The highest BCUT2D eigenvalue weighted by atomic mass is 35.5. The smallest absolute Gasteiger partial charge is 0.257 e. The van der Waals surface area contributed by atoms with E-state index in [1.165, 1.54) is 6.21 Å². The maximum atomic E-state index is 11.9. The molecule has 1 amide bonds. The molecule has 0 spiro atoms. The second kappa shape index (κ2) is 7.59. The lowest BCUT2D eigenvalue weighted by Gasteiger charge is -2.09. The number of halogens is 1. The van der Waals surface area contributed by atoms with E-state index in [-0.39, 0.29) is 5.75 Å². The van der Waals surface area contributed by atoms with E-state index in [2.05, 4.69) is 10.5 Å². The maximum Gasteiger partial charge on any atom is 0.257 e. The fourth-order valence-corrected chi connectivity index (χ4v) is 1.99. The summed E-state index contributed by atoms with van der Waals surface area (Å²) in [5.74, 6) is -0.220. The molecule has 22 heavy (non-hydrogen) atoms. The number of nitrogens with one attached hydrogen (secondary N) is 1. The molecule has 0 unspecified atom stereocenters. The molecule has 0 heterocycles. The summed E-state index contributed by atoms with van der Waals surface area (Å²) in [4.78, 5) is 11.9. The number of benzene rings is 2. The van der Waals surface area contributed by atoms with Crippen LogP contribution in [0.1, 0.15) is 11.1 Å². The Balaban J connectivity index is 1.89. The Morgan fingerprint density at radius 3 is 2.64 bits per heavy atom. The van der Waals surface area contributed by atoms with Crippen LogP contribution in [0.2, 0.25) is 5.02 Å². The van der Waals surface area contributed by atoms with Crippen LogP contribution in [0, 0.1) is 0 Å². The van der Waals surface area contributed by atoms with Gasteiger partial charge in [0.15, 0.2) is 0 Å². The van der Waals surface area contributed by atoms with Gasteiger partial charge in [-0.15, -0.1) is 0 Å². The number of aromatic hydroxyl groups is 1. The van der Waals surface area contributed by atoms with E-state index < -0.39 is 11.9 Å². The molecular formula is C16H16ClN3O2. The second-order valence-electron chi connectivity index (χ2n) is 4.73. The van der Waals surface area contributed by atoms with Gasteiger partial charge in [0.25, 0.3) is 5.91 Å². The molecule has 0 saturated carbocycles. The SMILES string of the molecule is N[C@H](Cc1ccc(O)cc1)C(=O)N/N=C/c1ccccc1Cl. The van der Waals surface area contributed by atoms with Gasteiger partial charge in [-0.05, 0) is 30.2 Å². The van der Waals surface area contributed by atoms with Crippen LogP contribution in [0.25, 0.3) is 0 Å². The quantitative estimate of drug-likeness (QED) is 0.582. The third-order valence-corrected chi connectivity index (χ3v) is 3.36. The molecule has 0 aliphatic heterocycles. The molecular weight excluding hydrogens is 302 g/mol. The maximum absolute atomic E-state index is 11.9. The van der Waals surface area contributed by atoms with Gasteiger partial charge >= 0.3 is 0 Å². The van der Waals surface area contributed by atoms with Crippen molar-refractivity contribution in [1.82, 2.24) is 5.43 Å². The van der Waals surface area contributed by atoms with E-state index in [1.54, 1.807) is 36.4 Å². The van der Waals surface area contributed by atoms with Gasteiger partial charge < -0.3 is 10.8 Å². The Hall–Kier alpha value is -2.37. The lowest BCUT2D eigenvalue weighted by atomic mass is 10.1. The van der Waals surface area contributed by atoms with Crippen LogP contribution in [-0.2, 0) is 11.2 Å². The number of nitrogens with zero attached hydrogens (tertiary/aromatic N) is 1. The van der Waals surface area contributed by atoms with Crippen LogP contribution in [0.5, 0.6) is 5.75 Å². The highest BCUT2D eigenvalue weighted by Crippen LogP contribution is 2.12. The van der Waals surface area contributed by atoms with Crippen molar-refractivity contribution < 1.29 is 9.90 Å². The molecule has 0 aliphatic carbocycles. The summed E-state index contributed by atoms with van der Waals surface area (Å²) in [7, 11) is 0. The van der Waals surface area contributed by atoms with E-state index in [9.17, 15) is 9.90 Å². The average molecular weight is 318 g/mol. The summed E-state index contributed by atoms with van der Waals surface area (Å²) in [6.07, 6.45) is 1.82. The Labute approximate surface area is 133 Å². The first kappa shape index (κ1) is 16.0. The zero-order valence-corrected chi connectivity index (χ0v) is 12.5. The van der Waals surface area contributed by atoms with Crippen molar-refractivity contribution in [2.75, 3.05) is 0 Å². The number of amides is 1. The molecule has 6 heteroatoms. The lowest BCUT2D eigenvalue weighted by molar-refractivity contribution is -0.122. The molecule has 2 aromatic rings. The van der Waals surface area contributed by atoms with Crippen molar-refractivity contribution in [2.24, 2.45) is 10.8 Å². The Kier molecular flexibility index (Phi) is 5.52. The average Bonchev–Trinajstić information content (AvgIpc) is 2.51. The number of nitrogens with two attached hydrogens (primary N) is 1. The summed E-state index contributed by atoms with van der Waals surface area (Å²) in [5.41, 5.74) is 9.77. The zero-order chi connectivity index (χ0) is 15.9. The van der Waals surface area contributed by atoms with Gasteiger partial charge in [-0.2, -0.15) is 5.10 Å². The first-order valence-electron chi connectivity index (χ1n) is 6.67. The van der Waals surface area contributed by atoms with E-state index in [0.29, 0.717) is 17.0 Å². The molecule has 0 radical (unpaired) electrons. The molecule has 114 valence electrons. The summed E-state index contributed by atoms with van der Waals surface area (Å²) in [5, 5.41) is 13.6. The van der Waals surface area contributed by atoms with Gasteiger partial charge in [0.2, 0.25) is 0 Å². The largest absolute Gasteiger partial charge is 0.508 e. The van der Waals surface area contributed by atoms with E-state index in [1.807, 2.05) is 12.1 Å². The minimum absolute atomic E-state index is 0.172. The number of hydrogen-bond acceptors (Lipinski definition) is 4. The van der Waals surface area contributed by atoms with Crippen LogP contribution >= 0.6 is 11.6 Å². The molecule has 0 fully saturated rings. The highest BCUT2D eigenvalue weighted by Gasteiger charge is 2.13. The number of hydrazone groups is 1. The molecule has 2 rings (SSSR count). The highest BCUT2D eigenvalue weighted by molar-refractivity contribution is 6.33. The van der Waals surface area contributed by atoms with Gasteiger partial charge in [-0.3, -0.25) is 4.79 Å². The Morgan fingerprint density at radius 2 is 1.95 bits per heavy atom. The number of carbonyl (C=O) groups is 1. The van der Waals surface area contributed by atoms with E-state index in [0.717, 1.165) is 5.56 Å². The summed E-state index contributed by atoms with van der Waals surface area (Å²) < 4.78 is 0. The first-order valence-corrected chi connectivity index (χ1v) is 7.05. The Bertz CT molecular complexity index is 671. The van der Waals surface area contributed by atoms with Gasteiger partial charge in [0, 0.05) is 10.6 Å². The van der Waals surface area contributed by atoms with Gasteiger partial charge in [-0.1, -0.05) is 41.9 Å². The van der Waals surface area contributed by atoms with Crippen LogP contribution in [0.4, 0.5) is 0 Å². The Morgan fingerprint density at radius 1 is 1.27 bits per heavy atom. The lowest BCUT2D eigenvalue weighted by Crippen LogP contribution is -2.39. The molecule has 5 nitrogen and oxygen atoms in total. The zero-order valence-electron chi connectivity index (χ0n) is 11.7. The fraction of sp³-hybridized carbons (Fsp3) is 0.125. The number of phenolic OH excluding ortho intramolecular Hbond substituents is 1. The molecule has 1 atom stereocenters. The standard InChI is InChI=1S/C16H16ClN3O2/c17-14-4-2-1-3-12(14)10-19-20-16(22)15(18)9-11-5-7-13(21)8-6-11/h1-8,10,15,21H,9,18H2,(H,20,22)/b19-10+/t15-/m1/s1.